The number of fused-ring (bicyclic) bond motifs is 23. The molecule has 0 atom stereocenters. The Balaban J connectivity index is 0.0000000904. The van der Waals surface area contributed by atoms with E-state index in [4.69, 9.17) is 30.5 Å². The van der Waals surface area contributed by atoms with E-state index in [0.717, 1.165) is 100 Å². The van der Waals surface area contributed by atoms with E-state index < -0.39 is 0 Å². The van der Waals surface area contributed by atoms with Gasteiger partial charge in [-0.25, -0.2) is 19.9 Å². The Hall–Kier alpha value is -16.6. The molecule has 590 valence electrons. The van der Waals surface area contributed by atoms with E-state index in [1.165, 1.54) is 87.2 Å². The van der Waals surface area contributed by atoms with Gasteiger partial charge in [0.1, 0.15) is 22.2 Å². The molecule has 2 aliphatic rings. The zero-order valence-electron chi connectivity index (χ0n) is 65.3. The van der Waals surface area contributed by atoms with E-state index >= 15 is 0 Å². The summed E-state index contributed by atoms with van der Waals surface area (Å²) < 4.78 is 20.0. The molecular weight excluding hydrogens is 1540 g/mol. The van der Waals surface area contributed by atoms with Crippen molar-refractivity contribution in [3.05, 3.63) is 373 Å². The van der Waals surface area contributed by atoms with Crippen LogP contribution in [0.15, 0.2) is 364 Å². The number of aromatic nitrogens is 12. The van der Waals surface area contributed by atoms with Crippen LogP contribution in [-0.2, 0) is 17.6 Å². The normalized spacial score (nSPS) is 11.9. The number of hydrogen-bond acceptors (Lipinski definition) is 16. The van der Waals surface area contributed by atoms with Crippen molar-refractivity contribution in [2.45, 2.75) is 19.3 Å². The standard InChI is InChI=1S/C13H11NO.C13H10.C12H8N2O.C12H8O.2C10H8N4.C10H7N3O.C10H7NO.C10H7NS/c15-13-6-5-11-7-9-3-1-2-4-10(9)8-12(11)14-13;1-2-5-11-9-13-7-3-6-12(13)8-10(11)4-1;15-12-7-13-10-5-8-3-1-2-4-9(8)6-11(10)14-12;1-2-4-10-8-12-11(5-6-13-12)7-9(10)3-1;3*11-10-13-8-7-4-2-1-3-6(7)5-12-9(8)14-10;2*1-2-4-9-8(3-1)7-10-11(9)5-6-12-10/h1-4,7-8H,5-6H2,(H,14,15);1-6,8-9H,7H2;1-7H,(H,14,15);1-8H;2*1-5H,(H3,11,12,13,14);1-5H,(H2,11,13);2*1-7H. The lowest BCUT2D eigenvalue weighted by Crippen LogP contribution is -2.18. The summed E-state index contributed by atoms with van der Waals surface area (Å²) in [5.74, 6) is 0.936. The van der Waals surface area contributed by atoms with Gasteiger partial charge >= 0.3 is 0 Å². The van der Waals surface area contributed by atoms with Gasteiger partial charge in [-0.15, -0.1) is 11.3 Å². The van der Waals surface area contributed by atoms with Gasteiger partial charge in [0.15, 0.2) is 23.2 Å². The topological polar surface area (TPSA) is 310 Å². The van der Waals surface area contributed by atoms with E-state index in [-0.39, 0.29) is 17.5 Å². The summed E-state index contributed by atoms with van der Waals surface area (Å²) in [7, 11) is 0. The number of carbonyl (C=O) groups excluding carboxylic acids is 1. The number of benzene rings is 13. The second kappa shape index (κ2) is 33.6. The van der Waals surface area contributed by atoms with Crippen LogP contribution < -0.4 is 28.1 Å². The summed E-state index contributed by atoms with van der Waals surface area (Å²) in [5.41, 5.74) is 31.8. The number of oxazole rings is 2. The van der Waals surface area contributed by atoms with Crippen LogP contribution in [0.1, 0.15) is 23.1 Å². The Morgan fingerprint density at radius 1 is 0.410 bits per heavy atom. The number of nitrogen functional groups attached to an aromatic ring is 3. The number of anilines is 4. The minimum atomic E-state index is -0.169. The fourth-order valence-corrected chi connectivity index (χ4v) is 16.1. The molecule has 0 spiro atoms. The molecule has 25 aromatic rings. The Kier molecular flexibility index (Phi) is 20.8. The number of hydrogen-bond donors (Lipinski definition) is 7. The second-order valence-electron chi connectivity index (χ2n) is 29.0. The third kappa shape index (κ3) is 16.1. The number of thiazole rings is 1. The Morgan fingerprint density at radius 2 is 0.934 bits per heavy atom. The van der Waals surface area contributed by atoms with Crippen molar-refractivity contribution in [1.82, 2.24) is 58.6 Å². The fourth-order valence-electron chi connectivity index (χ4n) is 15.3. The third-order valence-corrected chi connectivity index (χ3v) is 22.0. The van der Waals surface area contributed by atoms with E-state index in [9.17, 15) is 9.59 Å². The highest BCUT2D eigenvalue weighted by Gasteiger charge is 2.16. The molecule has 0 unspecified atom stereocenters. The molecule has 0 bridgehead atoms. The molecule has 0 radical (unpaired) electrons. The number of rotatable bonds is 0. The molecule has 0 fully saturated rings. The first-order chi connectivity index (χ1) is 59.9. The lowest BCUT2D eigenvalue weighted by Gasteiger charge is -2.17. The first-order valence-electron chi connectivity index (χ1n) is 39.4. The van der Waals surface area contributed by atoms with Crippen LogP contribution in [0.3, 0.4) is 0 Å². The molecule has 13 heterocycles. The first-order valence-corrected chi connectivity index (χ1v) is 40.3. The number of pyridine rings is 3. The number of amides is 1. The molecule has 0 saturated heterocycles. The van der Waals surface area contributed by atoms with Crippen LogP contribution in [-0.4, -0.2) is 64.5 Å². The first kappa shape index (κ1) is 75.5. The van der Waals surface area contributed by atoms with Crippen molar-refractivity contribution in [2.75, 3.05) is 22.5 Å². The smallest absolute Gasteiger partial charge is 0.294 e. The summed E-state index contributed by atoms with van der Waals surface area (Å²) in [6.07, 6.45) is 21.1. The van der Waals surface area contributed by atoms with Gasteiger partial charge in [-0.3, -0.25) is 14.0 Å². The maximum absolute atomic E-state index is 11.3. The number of furan rings is 1. The van der Waals surface area contributed by atoms with Crippen molar-refractivity contribution >= 4 is 210 Å². The SMILES string of the molecule is C1=Cc2cc3ccccc3cc2C1.Nc1nc2c(ncc3ccccc32)o1.Nc1nc2ncc3ccccc3c2[nH]1.Nc1nc2ncc3ccccc3c2[nH]1.O=C1CCc2cc3ccccc3cc2N1.O=c1cnc2cc3ccccc3cc2[nH]1.c1ccc2c(c1)cc1occn12.c1ccc2c(c1)cc1sccn12.c1ccc2cc3occc3cc2c1. The van der Waals surface area contributed by atoms with E-state index in [0.29, 0.717) is 35.3 Å². The van der Waals surface area contributed by atoms with Crippen molar-refractivity contribution < 1.29 is 18.0 Å². The van der Waals surface area contributed by atoms with Crippen molar-refractivity contribution in [3.63, 3.8) is 0 Å². The van der Waals surface area contributed by atoms with Gasteiger partial charge in [-0.05, 0) is 139 Å². The Bertz CT molecular complexity index is 7850. The molecule has 27 rings (SSSR count). The molecule has 12 aromatic heterocycles. The van der Waals surface area contributed by atoms with E-state index in [1.54, 1.807) is 42.5 Å². The summed E-state index contributed by atoms with van der Waals surface area (Å²) in [6.45, 7) is 0. The summed E-state index contributed by atoms with van der Waals surface area (Å²) in [6, 6.07) is 96.9. The molecule has 1 aliphatic heterocycles. The molecule has 0 saturated carbocycles. The summed E-state index contributed by atoms with van der Waals surface area (Å²) in [5, 5.41) is 25.0. The van der Waals surface area contributed by atoms with Gasteiger partial charge in [0.2, 0.25) is 17.3 Å². The number of nitrogens with zero attached hydrogens (tertiary/aromatic N) is 9. The van der Waals surface area contributed by atoms with Crippen molar-refractivity contribution in [2.24, 2.45) is 0 Å². The van der Waals surface area contributed by atoms with Crippen molar-refractivity contribution in [3.8, 4) is 0 Å². The minimum absolute atomic E-state index is 0.123. The largest absolute Gasteiger partial charge is 0.464 e. The monoisotopic (exact) mass is 1610 g/mol. The molecule has 21 nitrogen and oxygen atoms in total. The number of allylic oxidation sites excluding steroid dienone is 1. The van der Waals surface area contributed by atoms with Crippen LogP contribution in [0.2, 0.25) is 0 Å². The number of aromatic amines is 3. The minimum Gasteiger partial charge on any atom is -0.464 e. The lowest BCUT2D eigenvalue weighted by molar-refractivity contribution is -0.116. The summed E-state index contributed by atoms with van der Waals surface area (Å²) in [4.78, 5) is 61.3. The lowest BCUT2D eigenvalue weighted by atomic mass is 9.99. The average Bonchev–Trinajstić information content (AvgIpc) is 1.73. The van der Waals surface area contributed by atoms with Gasteiger partial charge in [0, 0.05) is 103 Å². The molecule has 22 heteroatoms. The molecule has 122 heavy (non-hydrogen) atoms. The molecule has 13 aromatic carbocycles. The number of para-hydroxylation sites is 2. The number of carbonyl (C=O) groups is 1. The quantitative estimate of drug-likeness (QED) is 0.0694. The zero-order chi connectivity index (χ0) is 82.4. The maximum Gasteiger partial charge on any atom is 0.294 e. The van der Waals surface area contributed by atoms with Crippen LogP contribution in [0, 0.1) is 0 Å². The zero-order valence-corrected chi connectivity index (χ0v) is 66.1. The number of H-pyrrole nitrogens is 3. The predicted molar refractivity (Wildman–Crippen MR) is 496 cm³/mol. The average molecular weight is 1610 g/mol. The van der Waals surface area contributed by atoms with Gasteiger partial charge in [0.25, 0.3) is 11.6 Å². The molecular formula is C100H74N16O5S. The predicted octanol–water partition coefficient (Wildman–Crippen LogP) is 23.0. The van der Waals surface area contributed by atoms with Crippen LogP contribution in [0.5, 0.6) is 0 Å². The molecule has 10 N–H and O–H groups in total. The Morgan fingerprint density at radius 3 is 1.59 bits per heavy atom. The summed E-state index contributed by atoms with van der Waals surface area (Å²) >= 11 is 1.78. The number of nitrogens with one attached hydrogen (secondary N) is 4. The number of imidazole rings is 2. The third-order valence-electron chi connectivity index (χ3n) is 21.2. The fraction of sp³-hybridized carbons (Fsp3) is 0.0300. The number of aryl methyl sites for hydroxylation is 1. The van der Waals surface area contributed by atoms with Gasteiger partial charge in [0.05, 0.1) is 45.6 Å². The van der Waals surface area contributed by atoms with Crippen LogP contribution in [0.25, 0.3) is 169 Å². The molecule has 1 amide bonds. The Labute approximate surface area is 697 Å². The van der Waals surface area contributed by atoms with Crippen LogP contribution >= 0.6 is 11.3 Å². The van der Waals surface area contributed by atoms with Gasteiger partial charge in [-0.1, -0.05) is 224 Å². The maximum atomic E-state index is 11.3. The highest BCUT2D eigenvalue weighted by atomic mass is 32.1. The van der Waals surface area contributed by atoms with Gasteiger partial charge in [-0.2, -0.15) is 15.0 Å². The highest BCUT2D eigenvalue weighted by Crippen LogP contribution is 2.32. The highest BCUT2D eigenvalue weighted by molar-refractivity contribution is 7.15. The molecule has 1 aliphatic carbocycles. The number of nitrogens with two attached hydrogens (primary N) is 3. The van der Waals surface area contributed by atoms with E-state index in [2.05, 4.69) is 211 Å². The van der Waals surface area contributed by atoms with E-state index in [1.807, 2.05) is 168 Å². The van der Waals surface area contributed by atoms with Crippen LogP contribution in [0.4, 0.5) is 23.6 Å². The van der Waals surface area contributed by atoms with Gasteiger partial charge < -0.3 is 55.1 Å². The second-order valence-corrected chi connectivity index (χ2v) is 30.0. The van der Waals surface area contributed by atoms with Crippen molar-refractivity contribution in [1.29, 1.82) is 0 Å².